The van der Waals surface area contributed by atoms with E-state index in [1.54, 1.807) is 0 Å². The molecule has 3 aliphatic heterocycles. The van der Waals surface area contributed by atoms with Crippen LogP contribution in [0.3, 0.4) is 0 Å². The lowest BCUT2D eigenvalue weighted by Gasteiger charge is -2.29. The Morgan fingerprint density at radius 1 is 1.15 bits per heavy atom. The van der Waals surface area contributed by atoms with Gasteiger partial charge in [0.05, 0.1) is 30.5 Å². The van der Waals surface area contributed by atoms with Crippen LogP contribution in [-0.4, -0.2) is 83.3 Å². The standard InChI is InChI=1S/C28H31F3N4O3S/c29-28(30,31)19-5-3-17-7-10-34(27(37)21(17)12-19)15-25(36)33-22-13-35(20-8-11-38-16-20)14-24(22)39-23-6-4-18-2-1-9-32-26(18)23/h1-3,5,9,12,20,22-24H,4,6-8,10-11,13-16H2,(H,33,36)/t20?,22?,23?,24-/m0/s1. The number of ether oxygens (including phenoxy) is 1. The average Bonchev–Trinajstić information content (AvgIpc) is 3.66. The SMILES string of the molecule is O=C(CN1CCc2ccc(C(F)(F)F)cc2C1=O)NC1CN(C2CCOC2)C[C@@H]1SC1CCc2cccnc21. The van der Waals surface area contributed by atoms with Crippen molar-refractivity contribution in [2.75, 3.05) is 39.4 Å². The van der Waals surface area contributed by atoms with Crippen molar-refractivity contribution < 1.29 is 27.5 Å². The Bertz CT molecular complexity index is 1250. The third-order valence-corrected chi connectivity index (χ3v) is 9.86. The van der Waals surface area contributed by atoms with Crippen LogP contribution in [0.1, 0.15) is 50.8 Å². The number of nitrogens with zero attached hydrogens (tertiary/aromatic N) is 3. The quantitative estimate of drug-likeness (QED) is 0.584. The summed E-state index contributed by atoms with van der Waals surface area (Å²) >= 11 is 1.86. The number of halogens is 3. The summed E-state index contributed by atoms with van der Waals surface area (Å²) in [5, 5.41) is 3.60. The van der Waals surface area contributed by atoms with Crippen molar-refractivity contribution >= 4 is 23.6 Å². The number of pyridine rings is 1. The van der Waals surface area contributed by atoms with Crippen LogP contribution < -0.4 is 5.32 Å². The lowest BCUT2D eigenvalue weighted by molar-refractivity contribution is -0.137. The maximum atomic E-state index is 13.2. The number of alkyl halides is 3. The van der Waals surface area contributed by atoms with Crippen LogP contribution >= 0.6 is 11.8 Å². The van der Waals surface area contributed by atoms with Gasteiger partial charge in [-0.3, -0.25) is 19.5 Å². The molecule has 0 radical (unpaired) electrons. The molecule has 0 saturated carbocycles. The number of hydrogen-bond donors (Lipinski definition) is 1. The van der Waals surface area contributed by atoms with Crippen molar-refractivity contribution in [3.63, 3.8) is 0 Å². The number of thioether (sulfide) groups is 1. The Hall–Kier alpha value is -2.63. The summed E-state index contributed by atoms with van der Waals surface area (Å²) in [4.78, 5) is 34.6. The second-order valence-corrected chi connectivity index (χ2v) is 12.2. The third-order valence-electron chi connectivity index (χ3n) is 8.25. The predicted octanol–water partition coefficient (Wildman–Crippen LogP) is 3.48. The Kier molecular flexibility index (Phi) is 7.32. The van der Waals surface area contributed by atoms with Gasteiger partial charge in [-0.15, -0.1) is 11.8 Å². The molecule has 39 heavy (non-hydrogen) atoms. The summed E-state index contributed by atoms with van der Waals surface area (Å²) in [5.41, 5.74) is 2.17. The van der Waals surface area contributed by atoms with Crippen LogP contribution in [0.4, 0.5) is 13.2 Å². The first-order valence-electron chi connectivity index (χ1n) is 13.5. The first kappa shape index (κ1) is 26.6. The van der Waals surface area contributed by atoms with Crippen molar-refractivity contribution in [2.24, 2.45) is 0 Å². The number of aromatic nitrogens is 1. The molecule has 1 aliphatic carbocycles. The first-order chi connectivity index (χ1) is 18.8. The smallest absolute Gasteiger partial charge is 0.380 e. The normalized spacial score (nSPS) is 27.1. The number of benzene rings is 1. The molecule has 6 rings (SSSR count). The topological polar surface area (TPSA) is 74.8 Å². The van der Waals surface area contributed by atoms with Gasteiger partial charge in [0, 0.05) is 54.5 Å². The molecule has 0 bridgehead atoms. The minimum Gasteiger partial charge on any atom is -0.380 e. The van der Waals surface area contributed by atoms with E-state index in [9.17, 15) is 22.8 Å². The largest absolute Gasteiger partial charge is 0.416 e. The van der Waals surface area contributed by atoms with Crippen LogP contribution in [0.2, 0.25) is 0 Å². The van der Waals surface area contributed by atoms with Crippen LogP contribution in [0, 0.1) is 0 Å². The van der Waals surface area contributed by atoms with Gasteiger partial charge in [-0.2, -0.15) is 13.2 Å². The maximum Gasteiger partial charge on any atom is 0.416 e. The van der Waals surface area contributed by atoms with E-state index in [2.05, 4.69) is 21.3 Å². The van der Waals surface area contributed by atoms with Crippen LogP contribution in [0.5, 0.6) is 0 Å². The first-order valence-corrected chi connectivity index (χ1v) is 14.4. The molecule has 3 unspecified atom stereocenters. The van der Waals surface area contributed by atoms with E-state index in [0.717, 1.165) is 50.2 Å². The highest BCUT2D eigenvalue weighted by molar-refractivity contribution is 8.00. The molecule has 4 atom stereocenters. The highest BCUT2D eigenvalue weighted by Gasteiger charge is 2.41. The van der Waals surface area contributed by atoms with Crippen molar-refractivity contribution in [2.45, 2.75) is 54.4 Å². The summed E-state index contributed by atoms with van der Waals surface area (Å²) in [7, 11) is 0. The van der Waals surface area contributed by atoms with E-state index in [-0.39, 0.29) is 34.6 Å². The molecule has 0 spiro atoms. The van der Waals surface area contributed by atoms with Crippen molar-refractivity contribution in [3.05, 3.63) is 64.5 Å². The minimum absolute atomic E-state index is 0.0259. The van der Waals surface area contributed by atoms with Crippen molar-refractivity contribution in [1.29, 1.82) is 0 Å². The number of carbonyl (C=O) groups is 2. The van der Waals surface area contributed by atoms with E-state index < -0.39 is 17.6 Å². The second kappa shape index (κ2) is 10.7. The molecule has 1 aromatic heterocycles. The molecule has 4 heterocycles. The van der Waals surface area contributed by atoms with Gasteiger partial charge in [-0.05, 0) is 55.0 Å². The van der Waals surface area contributed by atoms with Crippen LogP contribution in [0.15, 0.2) is 36.5 Å². The van der Waals surface area contributed by atoms with Gasteiger partial charge in [0.1, 0.15) is 0 Å². The van der Waals surface area contributed by atoms with Gasteiger partial charge in [0.2, 0.25) is 5.91 Å². The fraction of sp³-hybridized carbons (Fsp3) is 0.536. The van der Waals surface area contributed by atoms with Crippen molar-refractivity contribution in [1.82, 2.24) is 20.1 Å². The average molecular weight is 561 g/mol. The number of amides is 2. The second-order valence-electron chi connectivity index (χ2n) is 10.7. The minimum atomic E-state index is -4.53. The number of fused-ring (bicyclic) bond motifs is 2. The Morgan fingerprint density at radius 2 is 2.03 bits per heavy atom. The number of aryl methyl sites for hydroxylation is 1. The molecule has 11 heteroatoms. The molecule has 1 N–H and O–H groups in total. The molecule has 208 valence electrons. The fourth-order valence-electron chi connectivity index (χ4n) is 6.18. The lowest BCUT2D eigenvalue weighted by atomic mass is 9.96. The van der Waals surface area contributed by atoms with Gasteiger partial charge in [0.25, 0.3) is 5.91 Å². The monoisotopic (exact) mass is 560 g/mol. The van der Waals surface area contributed by atoms with E-state index in [1.807, 2.05) is 24.0 Å². The van der Waals surface area contributed by atoms with E-state index in [4.69, 9.17) is 4.74 Å². The Balaban J connectivity index is 1.13. The van der Waals surface area contributed by atoms with Gasteiger partial charge in [0.15, 0.2) is 0 Å². The number of likely N-dealkylation sites (tertiary alicyclic amines) is 1. The zero-order valence-electron chi connectivity index (χ0n) is 21.5. The lowest BCUT2D eigenvalue weighted by Crippen LogP contribution is -2.49. The predicted molar refractivity (Wildman–Crippen MR) is 140 cm³/mol. The molecule has 4 aliphatic rings. The molecular weight excluding hydrogens is 529 g/mol. The number of hydrogen-bond acceptors (Lipinski definition) is 6. The zero-order chi connectivity index (χ0) is 27.1. The maximum absolute atomic E-state index is 13.2. The summed E-state index contributed by atoms with van der Waals surface area (Å²) < 4.78 is 45.3. The van der Waals surface area contributed by atoms with Gasteiger partial charge in [-0.1, -0.05) is 12.1 Å². The molecule has 2 amide bonds. The number of nitrogens with one attached hydrogen (secondary N) is 1. The van der Waals surface area contributed by atoms with Gasteiger partial charge in [-0.25, -0.2) is 0 Å². The third kappa shape index (κ3) is 5.53. The van der Waals surface area contributed by atoms with Gasteiger partial charge < -0.3 is 15.0 Å². The molecule has 1 aromatic carbocycles. The fourth-order valence-corrected chi connectivity index (χ4v) is 7.82. The molecule has 2 saturated heterocycles. The summed E-state index contributed by atoms with van der Waals surface area (Å²) in [6, 6.07) is 7.59. The van der Waals surface area contributed by atoms with E-state index in [0.29, 0.717) is 37.7 Å². The molecule has 2 fully saturated rings. The van der Waals surface area contributed by atoms with E-state index >= 15 is 0 Å². The summed E-state index contributed by atoms with van der Waals surface area (Å²) in [6.07, 6.45) is 0.696. The highest BCUT2D eigenvalue weighted by Crippen LogP contribution is 2.44. The molecule has 2 aromatic rings. The van der Waals surface area contributed by atoms with E-state index in [1.165, 1.54) is 16.5 Å². The van der Waals surface area contributed by atoms with Gasteiger partial charge >= 0.3 is 6.18 Å². The Labute approximate surface area is 229 Å². The van der Waals surface area contributed by atoms with Crippen molar-refractivity contribution in [3.8, 4) is 0 Å². The highest BCUT2D eigenvalue weighted by atomic mass is 32.2. The van der Waals surface area contributed by atoms with Crippen LogP contribution in [-0.2, 0) is 28.5 Å². The molecule has 7 nitrogen and oxygen atoms in total. The molecular formula is C28H31F3N4O3S. The summed E-state index contributed by atoms with van der Waals surface area (Å²) in [6.45, 7) is 3.08. The van der Waals surface area contributed by atoms with Crippen LogP contribution in [0.25, 0.3) is 0 Å². The number of rotatable bonds is 6. The Morgan fingerprint density at radius 3 is 2.82 bits per heavy atom. The number of carbonyl (C=O) groups excluding carboxylic acids is 2. The summed E-state index contributed by atoms with van der Waals surface area (Å²) in [5.74, 6) is -0.822. The zero-order valence-corrected chi connectivity index (χ0v) is 22.3.